The normalized spacial score (nSPS) is 25.0. The molecule has 0 unspecified atom stereocenters. The minimum atomic E-state index is -1.11. The van der Waals surface area contributed by atoms with E-state index < -0.39 is 30.1 Å². The van der Waals surface area contributed by atoms with Crippen LogP contribution in [0.15, 0.2) is 23.8 Å². The van der Waals surface area contributed by atoms with Crippen LogP contribution in [-0.4, -0.2) is 90.3 Å². The minimum absolute atomic E-state index is 0.0529. The fraction of sp³-hybridized carbons (Fsp3) is 0.615. The first-order valence-electron chi connectivity index (χ1n) is 12.5. The Morgan fingerprint density at radius 1 is 1.19 bits per heavy atom. The summed E-state index contributed by atoms with van der Waals surface area (Å²) >= 11 is 0. The van der Waals surface area contributed by atoms with E-state index in [2.05, 4.69) is 5.32 Å². The summed E-state index contributed by atoms with van der Waals surface area (Å²) in [5.74, 6) is -0.383. The van der Waals surface area contributed by atoms with Crippen molar-refractivity contribution in [3.8, 4) is 11.5 Å². The summed E-state index contributed by atoms with van der Waals surface area (Å²) in [5, 5.41) is 33.4. The van der Waals surface area contributed by atoms with Gasteiger partial charge >= 0.3 is 0 Å². The first kappa shape index (κ1) is 26.4. The number of hydrogen-bond acceptors (Lipinski definition) is 8. The molecule has 3 aliphatic rings. The van der Waals surface area contributed by atoms with E-state index in [1.807, 2.05) is 0 Å². The molecule has 0 radical (unpaired) electrons. The van der Waals surface area contributed by atoms with Gasteiger partial charge in [0.1, 0.15) is 12.2 Å². The first-order valence-corrected chi connectivity index (χ1v) is 12.5. The number of carbonyl (C=O) groups is 2. The topological polar surface area (TPSA) is 138 Å². The summed E-state index contributed by atoms with van der Waals surface area (Å²) < 4.78 is 16.9. The van der Waals surface area contributed by atoms with E-state index in [9.17, 15) is 24.9 Å². The molecule has 0 saturated heterocycles. The fourth-order valence-corrected chi connectivity index (χ4v) is 5.70. The van der Waals surface area contributed by atoms with Gasteiger partial charge in [0.15, 0.2) is 11.5 Å². The molecule has 10 nitrogen and oxygen atoms in total. The van der Waals surface area contributed by atoms with Crippen molar-refractivity contribution in [2.75, 3.05) is 34.0 Å². The Morgan fingerprint density at radius 3 is 2.58 bits per heavy atom. The van der Waals surface area contributed by atoms with Crippen LogP contribution in [0, 0.1) is 0 Å². The number of nitrogens with one attached hydrogen (secondary N) is 1. The lowest BCUT2D eigenvalue weighted by Crippen LogP contribution is -2.58. The molecule has 2 amide bonds. The number of nitrogens with zero attached hydrogens (tertiary/aromatic N) is 1. The summed E-state index contributed by atoms with van der Waals surface area (Å²) in [5.41, 5.74) is 1.57. The Bertz CT molecular complexity index is 990. The molecule has 1 aromatic carbocycles. The Balaban J connectivity index is 1.79. The van der Waals surface area contributed by atoms with Gasteiger partial charge in [-0.3, -0.25) is 9.59 Å². The zero-order valence-electron chi connectivity index (χ0n) is 20.8. The zero-order valence-corrected chi connectivity index (χ0v) is 20.8. The number of amides is 2. The molecule has 4 N–H and O–H groups in total. The number of ether oxygens (including phenoxy) is 3. The molecule has 1 heterocycles. The minimum Gasteiger partial charge on any atom is -0.493 e. The zero-order chi connectivity index (χ0) is 25.8. The molecule has 0 bridgehead atoms. The third-order valence-electron chi connectivity index (χ3n) is 7.34. The predicted octanol–water partition coefficient (Wildman–Crippen LogP) is 0.618. The lowest BCUT2D eigenvalue weighted by Gasteiger charge is -2.43. The van der Waals surface area contributed by atoms with Crippen molar-refractivity contribution in [1.82, 2.24) is 10.2 Å². The Kier molecular flexibility index (Phi) is 8.50. The summed E-state index contributed by atoms with van der Waals surface area (Å²) in [6.07, 6.45) is 3.53. The largest absolute Gasteiger partial charge is 0.493 e. The van der Waals surface area contributed by atoms with Gasteiger partial charge in [-0.05, 0) is 36.6 Å². The number of rotatable bonds is 10. The van der Waals surface area contributed by atoms with Crippen molar-refractivity contribution in [3.05, 3.63) is 34.9 Å². The second kappa shape index (κ2) is 11.6. The van der Waals surface area contributed by atoms with Crippen molar-refractivity contribution in [2.24, 2.45) is 0 Å². The quantitative estimate of drug-likeness (QED) is 0.364. The number of aliphatic hydroxyl groups is 3. The van der Waals surface area contributed by atoms with Crippen LogP contribution in [0.25, 0.3) is 0 Å². The average Bonchev–Trinajstić information content (AvgIpc) is 3.55. The maximum Gasteiger partial charge on any atom is 0.247 e. The van der Waals surface area contributed by atoms with Gasteiger partial charge in [0.2, 0.25) is 11.8 Å². The van der Waals surface area contributed by atoms with Crippen LogP contribution >= 0.6 is 0 Å². The molecule has 0 spiro atoms. The van der Waals surface area contributed by atoms with Crippen LogP contribution in [0.4, 0.5) is 0 Å². The van der Waals surface area contributed by atoms with Crippen molar-refractivity contribution >= 4 is 11.8 Å². The number of methoxy groups -OCH3 is 2. The van der Waals surface area contributed by atoms with Crippen LogP contribution in [0.3, 0.4) is 0 Å². The van der Waals surface area contributed by atoms with Crippen molar-refractivity contribution < 1.29 is 39.1 Å². The molecule has 1 saturated carbocycles. The molecule has 36 heavy (non-hydrogen) atoms. The standard InChI is InChI=1S/C26H36N2O8/c1-34-10-7-21(31)28(16-5-3-4-6-16)19-13-18(26(33)27-8-9-29)22-17-11-15(14-30)12-20(35-2)24(17)36-25(22)23(19)32/h11-13,16,19,22-23,25,29-30,32H,3-10,14H2,1-2H3,(H,27,33)/t19-,22+,23+,25+/m1/s1. The predicted molar refractivity (Wildman–Crippen MR) is 130 cm³/mol. The van der Waals surface area contributed by atoms with Crippen molar-refractivity contribution in [2.45, 2.75) is 68.9 Å². The number of carbonyl (C=O) groups excluding carboxylic acids is 2. The number of benzene rings is 1. The van der Waals surface area contributed by atoms with E-state index in [4.69, 9.17) is 14.2 Å². The van der Waals surface area contributed by atoms with E-state index in [-0.39, 0.29) is 44.7 Å². The molecule has 4 rings (SSSR count). The second-order valence-corrected chi connectivity index (χ2v) is 9.50. The molecule has 0 aromatic heterocycles. The third kappa shape index (κ3) is 4.95. The molecule has 4 atom stereocenters. The van der Waals surface area contributed by atoms with Gasteiger partial charge in [-0.25, -0.2) is 0 Å². The SMILES string of the molecule is COCCC(=O)N(C1CCCC1)[C@@H]1C=C(C(=O)NCCO)[C@@H]2c3cc(CO)cc(OC)c3O[C@@H]2[C@H]1O. The Morgan fingerprint density at radius 2 is 1.94 bits per heavy atom. The average molecular weight is 505 g/mol. The van der Waals surface area contributed by atoms with E-state index in [1.54, 1.807) is 23.1 Å². The Hall–Kier alpha value is -2.66. The molecule has 10 heteroatoms. The lowest BCUT2D eigenvalue weighted by molar-refractivity contribution is -0.141. The maximum atomic E-state index is 13.4. The molecule has 1 aromatic rings. The number of aliphatic hydroxyl groups excluding tert-OH is 3. The van der Waals surface area contributed by atoms with Crippen LogP contribution in [0.1, 0.15) is 49.1 Å². The van der Waals surface area contributed by atoms with Crippen molar-refractivity contribution in [1.29, 1.82) is 0 Å². The first-order chi connectivity index (χ1) is 17.4. The monoisotopic (exact) mass is 504 g/mol. The smallest absolute Gasteiger partial charge is 0.247 e. The van der Waals surface area contributed by atoms with Crippen LogP contribution in [-0.2, 0) is 20.9 Å². The summed E-state index contributed by atoms with van der Waals surface area (Å²) in [6.45, 7) is -0.134. The van der Waals surface area contributed by atoms with E-state index in [0.717, 1.165) is 25.7 Å². The van der Waals surface area contributed by atoms with Gasteiger partial charge in [0, 0.05) is 30.8 Å². The Labute approximate surface area is 210 Å². The lowest BCUT2D eigenvalue weighted by atomic mass is 9.77. The highest BCUT2D eigenvalue weighted by atomic mass is 16.5. The molecule has 198 valence electrons. The molecule has 2 aliphatic carbocycles. The molecule has 1 fully saturated rings. The highest BCUT2D eigenvalue weighted by molar-refractivity contribution is 5.96. The van der Waals surface area contributed by atoms with E-state index in [1.165, 1.54) is 14.2 Å². The van der Waals surface area contributed by atoms with Gasteiger partial charge in [-0.1, -0.05) is 12.8 Å². The summed E-state index contributed by atoms with van der Waals surface area (Å²) in [6, 6.07) is 2.59. The summed E-state index contributed by atoms with van der Waals surface area (Å²) in [7, 11) is 3.02. The highest BCUT2D eigenvalue weighted by Crippen LogP contribution is 2.51. The van der Waals surface area contributed by atoms with Gasteiger partial charge in [-0.15, -0.1) is 0 Å². The highest BCUT2D eigenvalue weighted by Gasteiger charge is 2.52. The van der Waals surface area contributed by atoms with Crippen LogP contribution in [0.2, 0.25) is 0 Å². The van der Waals surface area contributed by atoms with E-state index in [0.29, 0.717) is 28.2 Å². The van der Waals surface area contributed by atoms with E-state index >= 15 is 0 Å². The van der Waals surface area contributed by atoms with Gasteiger partial charge in [0.05, 0.1) is 45.3 Å². The number of hydrogen-bond donors (Lipinski definition) is 4. The van der Waals surface area contributed by atoms with Crippen LogP contribution in [0.5, 0.6) is 11.5 Å². The van der Waals surface area contributed by atoms with Gasteiger partial charge in [0.25, 0.3) is 0 Å². The van der Waals surface area contributed by atoms with Gasteiger partial charge < -0.3 is 39.7 Å². The number of fused-ring (bicyclic) bond motifs is 3. The molecular formula is C26H36N2O8. The summed E-state index contributed by atoms with van der Waals surface area (Å²) in [4.78, 5) is 28.4. The second-order valence-electron chi connectivity index (χ2n) is 9.50. The molecular weight excluding hydrogens is 468 g/mol. The third-order valence-corrected chi connectivity index (χ3v) is 7.34. The fourth-order valence-electron chi connectivity index (χ4n) is 5.70. The molecule has 1 aliphatic heterocycles. The van der Waals surface area contributed by atoms with Gasteiger partial charge in [-0.2, -0.15) is 0 Å². The van der Waals surface area contributed by atoms with Crippen LogP contribution < -0.4 is 14.8 Å². The maximum absolute atomic E-state index is 13.4. The van der Waals surface area contributed by atoms with Crippen molar-refractivity contribution in [3.63, 3.8) is 0 Å².